The summed E-state index contributed by atoms with van der Waals surface area (Å²) in [4.78, 5) is 12.5. The summed E-state index contributed by atoms with van der Waals surface area (Å²) in [6, 6.07) is 25.6. The number of aryl methyl sites for hydroxylation is 2. The third-order valence-corrected chi connectivity index (χ3v) is 4.24. The average Bonchev–Trinajstić information content (AvgIpc) is 2.67. The van der Waals surface area contributed by atoms with Crippen LogP contribution in [-0.4, -0.2) is 12.5 Å². The van der Waals surface area contributed by atoms with E-state index in [0.717, 1.165) is 16.7 Å². The molecule has 3 rings (SSSR count). The Morgan fingerprint density at radius 2 is 1.35 bits per heavy atom. The lowest BCUT2D eigenvalue weighted by Crippen LogP contribution is -2.33. The number of carbonyl (C=O) groups excluding carboxylic acids is 1. The van der Waals surface area contributed by atoms with Crippen molar-refractivity contribution in [3.63, 3.8) is 0 Å². The van der Waals surface area contributed by atoms with Gasteiger partial charge in [-0.2, -0.15) is 0 Å². The van der Waals surface area contributed by atoms with Gasteiger partial charge in [0.2, 0.25) is 0 Å². The summed E-state index contributed by atoms with van der Waals surface area (Å²) in [7, 11) is 0. The van der Waals surface area contributed by atoms with E-state index >= 15 is 0 Å². The maximum Gasteiger partial charge on any atom is 0.258 e. The van der Waals surface area contributed by atoms with E-state index in [-0.39, 0.29) is 18.6 Å². The number of ether oxygens (including phenoxy) is 1. The fourth-order valence-corrected chi connectivity index (χ4v) is 2.75. The summed E-state index contributed by atoms with van der Waals surface area (Å²) in [6.45, 7) is 4.05. The molecule has 1 N–H and O–H groups in total. The summed E-state index contributed by atoms with van der Waals surface area (Å²) in [5.74, 6) is 0.539. The quantitative estimate of drug-likeness (QED) is 0.710. The molecule has 0 radical (unpaired) electrons. The molecule has 3 aromatic carbocycles. The molecule has 3 heteroatoms. The van der Waals surface area contributed by atoms with E-state index in [1.165, 1.54) is 5.56 Å². The molecule has 1 atom stereocenters. The molecule has 0 aromatic heterocycles. The third kappa shape index (κ3) is 4.73. The standard InChI is InChI=1S/C23H23NO2/c1-17-8-12-20(13-9-17)23(19-6-4-3-5-7-19)24-22(25)16-26-21-14-10-18(2)11-15-21/h3-15,23H,16H2,1-2H3,(H,24,25). The predicted molar refractivity (Wildman–Crippen MR) is 104 cm³/mol. The molecule has 1 amide bonds. The van der Waals surface area contributed by atoms with Crippen molar-refractivity contribution in [1.82, 2.24) is 5.32 Å². The smallest absolute Gasteiger partial charge is 0.258 e. The fraction of sp³-hybridized carbons (Fsp3) is 0.174. The summed E-state index contributed by atoms with van der Waals surface area (Å²) in [6.07, 6.45) is 0. The molecule has 0 spiro atoms. The van der Waals surface area contributed by atoms with Crippen molar-refractivity contribution >= 4 is 5.91 Å². The second kappa shape index (κ2) is 8.34. The van der Waals surface area contributed by atoms with Gasteiger partial charge >= 0.3 is 0 Å². The highest BCUT2D eigenvalue weighted by Crippen LogP contribution is 2.22. The van der Waals surface area contributed by atoms with Gasteiger partial charge in [-0.1, -0.05) is 77.9 Å². The second-order valence-corrected chi connectivity index (χ2v) is 6.42. The molecule has 0 heterocycles. The van der Waals surface area contributed by atoms with Crippen LogP contribution in [0.3, 0.4) is 0 Å². The Hall–Kier alpha value is -3.07. The SMILES string of the molecule is Cc1ccc(OCC(=O)NC(c2ccccc2)c2ccc(C)cc2)cc1. The number of hydrogen-bond acceptors (Lipinski definition) is 2. The van der Waals surface area contributed by atoms with Gasteiger partial charge in [-0.15, -0.1) is 0 Å². The molecule has 26 heavy (non-hydrogen) atoms. The molecule has 0 fully saturated rings. The number of hydrogen-bond donors (Lipinski definition) is 1. The minimum absolute atomic E-state index is 0.0156. The van der Waals surface area contributed by atoms with Gasteiger partial charge in [-0.3, -0.25) is 4.79 Å². The Kier molecular flexibility index (Phi) is 5.69. The van der Waals surface area contributed by atoms with E-state index in [0.29, 0.717) is 5.75 Å². The summed E-state index contributed by atoms with van der Waals surface area (Å²) in [5.41, 5.74) is 4.44. The zero-order chi connectivity index (χ0) is 18.4. The number of nitrogens with one attached hydrogen (secondary N) is 1. The van der Waals surface area contributed by atoms with Gasteiger partial charge in [-0.25, -0.2) is 0 Å². The molecule has 1 unspecified atom stereocenters. The molecule has 3 aromatic rings. The Bertz CT molecular complexity index is 840. The zero-order valence-corrected chi connectivity index (χ0v) is 15.1. The molecule has 132 valence electrons. The zero-order valence-electron chi connectivity index (χ0n) is 15.1. The van der Waals surface area contributed by atoms with Crippen molar-refractivity contribution < 1.29 is 9.53 Å². The van der Waals surface area contributed by atoms with Crippen LogP contribution in [0, 0.1) is 13.8 Å². The lowest BCUT2D eigenvalue weighted by atomic mass is 9.98. The number of carbonyl (C=O) groups is 1. The van der Waals surface area contributed by atoms with Crippen molar-refractivity contribution in [2.75, 3.05) is 6.61 Å². The monoisotopic (exact) mass is 345 g/mol. The lowest BCUT2D eigenvalue weighted by Gasteiger charge is -2.20. The predicted octanol–water partition coefficient (Wildman–Crippen LogP) is 4.59. The van der Waals surface area contributed by atoms with Crippen LogP contribution < -0.4 is 10.1 Å². The van der Waals surface area contributed by atoms with Gasteiger partial charge in [0.1, 0.15) is 5.75 Å². The van der Waals surface area contributed by atoms with E-state index in [1.54, 1.807) is 0 Å². The summed E-state index contributed by atoms with van der Waals surface area (Å²) >= 11 is 0. The van der Waals surface area contributed by atoms with Crippen LogP contribution in [0.15, 0.2) is 78.9 Å². The first-order valence-electron chi connectivity index (χ1n) is 8.72. The molecule has 0 aliphatic carbocycles. The van der Waals surface area contributed by atoms with Crippen LogP contribution in [-0.2, 0) is 4.79 Å². The van der Waals surface area contributed by atoms with E-state index < -0.39 is 0 Å². The Morgan fingerprint density at radius 3 is 1.96 bits per heavy atom. The van der Waals surface area contributed by atoms with Crippen molar-refractivity contribution in [2.45, 2.75) is 19.9 Å². The molecular weight excluding hydrogens is 322 g/mol. The van der Waals surface area contributed by atoms with Gasteiger partial charge in [0.05, 0.1) is 6.04 Å². The van der Waals surface area contributed by atoms with Crippen LogP contribution >= 0.6 is 0 Å². The number of benzene rings is 3. The Labute approximate surface area is 154 Å². The molecule has 0 saturated heterocycles. The maximum atomic E-state index is 12.5. The third-order valence-electron chi connectivity index (χ3n) is 4.24. The molecule has 3 nitrogen and oxygen atoms in total. The van der Waals surface area contributed by atoms with Crippen molar-refractivity contribution in [1.29, 1.82) is 0 Å². The second-order valence-electron chi connectivity index (χ2n) is 6.42. The highest BCUT2D eigenvalue weighted by Gasteiger charge is 2.17. The van der Waals surface area contributed by atoms with E-state index in [4.69, 9.17) is 4.74 Å². The molecule has 0 aliphatic rings. The normalized spacial score (nSPS) is 11.6. The highest BCUT2D eigenvalue weighted by molar-refractivity contribution is 5.78. The first-order valence-corrected chi connectivity index (χ1v) is 8.72. The molecule has 0 saturated carbocycles. The average molecular weight is 345 g/mol. The van der Waals surface area contributed by atoms with E-state index in [1.807, 2.05) is 73.7 Å². The van der Waals surface area contributed by atoms with E-state index in [9.17, 15) is 4.79 Å². The Balaban J connectivity index is 1.71. The summed E-state index contributed by atoms with van der Waals surface area (Å²) < 4.78 is 5.60. The van der Waals surface area contributed by atoms with Crippen LogP contribution in [0.2, 0.25) is 0 Å². The van der Waals surface area contributed by atoms with Crippen LogP contribution in [0.4, 0.5) is 0 Å². The highest BCUT2D eigenvalue weighted by atomic mass is 16.5. The number of amides is 1. The first-order chi connectivity index (χ1) is 12.6. The Morgan fingerprint density at radius 1 is 0.808 bits per heavy atom. The van der Waals surface area contributed by atoms with Crippen LogP contribution in [0.1, 0.15) is 28.3 Å². The molecular formula is C23H23NO2. The minimum Gasteiger partial charge on any atom is -0.484 e. The molecule has 0 aliphatic heterocycles. The fourth-order valence-electron chi connectivity index (χ4n) is 2.75. The van der Waals surface area contributed by atoms with Crippen molar-refractivity contribution in [2.24, 2.45) is 0 Å². The first kappa shape index (κ1) is 17.7. The van der Waals surface area contributed by atoms with Gasteiger partial charge < -0.3 is 10.1 Å². The largest absolute Gasteiger partial charge is 0.484 e. The van der Waals surface area contributed by atoms with Gasteiger partial charge in [0, 0.05) is 0 Å². The van der Waals surface area contributed by atoms with Crippen LogP contribution in [0.5, 0.6) is 5.75 Å². The van der Waals surface area contributed by atoms with Gasteiger partial charge in [0.15, 0.2) is 6.61 Å². The van der Waals surface area contributed by atoms with E-state index in [2.05, 4.69) is 24.4 Å². The molecule has 0 bridgehead atoms. The lowest BCUT2D eigenvalue weighted by molar-refractivity contribution is -0.123. The minimum atomic E-state index is -0.203. The number of rotatable bonds is 6. The van der Waals surface area contributed by atoms with Crippen molar-refractivity contribution in [3.8, 4) is 5.75 Å². The van der Waals surface area contributed by atoms with Crippen molar-refractivity contribution in [3.05, 3.63) is 101 Å². The topological polar surface area (TPSA) is 38.3 Å². The summed E-state index contributed by atoms with van der Waals surface area (Å²) in [5, 5.41) is 3.09. The van der Waals surface area contributed by atoms with Gasteiger partial charge in [-0.05, 0) is 37.1 Å². The maximum absolute atomic E-state index is 12.5. The van der Waals surface area contributed by atoms with Crippen LogP contribution in [0.25, 0.3) is 0 Å². The van der Waals surface area contributed by atoms with Gasteiger partial charge in [0.25, 0.3) is 5.91 Å².